The van der Waals surface area contributed by atoms with Gasteiger partial charge >= 0.3 is 6.09 Å². The van der Waals surface area contributed by atoms with Crippen molar-refractivity contribution in [3.8, 4) is 0 Å². The van der Waals surface area contributed by atoms with Crippen molar-refractivity contribution in [2.24, 2.45) is 7.05 Å². The molecule has 8 heteroatoms. The van der Waals surface area contributed by atoms with E-state index in [2.05, 4.69) is 0 Å². The highest BCUT2D eigenvalue weighted by molar-refractivity contribution is 6.02. The minimum absolute atomic E-state index is 0.0294. The molecule has 0 unspecified atom stereocenters. The molecule has 35 heavy (non-hydrogen) atoms. The summed E-state index contributed by atoms with van der Waals surface area (Å²) in [6.45, 7) is 3.80. The number of piperazine rings is 1. The number of amides is 3. The number of para-hydroxylation sites is 1. The summed E-state index contributed by atoms with van der Waals surface area (Å²) >= 11 is 0. The molecule has 0 saturated carbocycles. The van der Waals surface area contributed by atoms with E-state index in [1.54, 1.807) is 29.8 Å². The van der Waals surface area contributed by atoms with Gasteiger partial charge in [-0.15, -0.1) is 0 Å². The summed E-state index contributed by atoms with van der Waals surface area (Å²) in [5.74, 6) is -0.665. The molecule has 182 valence electrons. The fourth-order valence-corrected chi connectivity index (χ4v) is 5.46. The first kappa shape index (κ1) is 23.0. The van der Waals surface area contributed by atoms with Gasteiger partial charge in [-0.25, -0.2) is 4.79 Å². The Morgan fingerprint density at radius 2 is 1.57 bits per heavy atom. The van der Waals surface area contributed by atoms with Crippen LogP contribution in [0.1, 0.15) is 40.4 Å². The largest absolute Gasteiger partial charge is 0.450 e. The second kappa shape index (κ2) is 9.09. The summed E-state index contributed by atoms with van der Waals surface area (Å²) in [6.07, 6.45) is 1.69. The third-order valence-corrected chi connectivity index (χ3v) is 7.21. The minimum Gasteiger partial charge on any atom is -0.450 e. The van der Waals surface area contributed by atoms with E-state index >= 15 is 0 Å². The predicted octanol–water partition coefficient (Wildman–Crippen LogP) is 3.39. The van der Waals surface area contributed by atoms with Gasteiger partial charge in [-0.1, -0.05) is 36.4 Å². The SMILES string of the molecule is CCOC(=O)N1CCN(C(=O)[C@@H]2c3ccccc3C(=O)N(C)[C@H]2c2cn(C)c3ccccc23)CC1. The number of nitrogens with zero attached hydrogens (tertiary/aromatic N) is 4. The van der Waals surface area contributed by atoms with Gasteiger partial charge in [-0.3, -0.25) is 9.59 Å². The van der Waals surface area contributed by atoms with Crippen molar-refractivity contribution in [2.75, 3.05) is 39.8 Å². The summed E-state index contributed by atoms with van der Waals surface area (Å²) in [7, 11) is 3.76. The minimum atomic E-state index is -0.547. The zero-order valence-electron chi connectivity index (χ0n) is 20.3. The molecule has 2 aliphatic heterocycles. The van der Waals surface area contributed by atoms with Gasteiger partial charge in [0.15, 0.2) is 0 Å². The van der Waals surface area contributed by atoms with Crippen LogP contribution in [-0.2, 0) is 16.6 Å². The number of hydrogen-bond donors (Lipinski definition) is 0. The predicted molar refractivity (Wildman–Crippen MR) is 132 cm³/mol. The molecule has 0 N–H and O–H groups in total. The van der Waals surface area contributed by atoms with Crippen molar-refractivity contribution in [1.29, 1.82) is 0 Å². The first-order chi connectivity index (χ1) is 16.9. The topological polar surface area (TPSA) is 75.1 Å². The van der Waals surface area contributed by atoms with Crippen molar-refractivity contribution in [3.63, 3.8) is 0 Å². The summed E-state index contributed by atoms with van der Waals surface area (Å²) in [5, 5.41) is 1.03. The van der Waals surface area contributed by atoms with E-state index in [9.17, 15) is 14.4 Å². The van der Waals surface area contributed by atoms with Crippen molar-refractivity contribution < 1.29 is 19.1 Å². The molecule has 5 rings (SSSR count). The van der Waals surface area contributed by atoms with Gasteiger partial charge in [0.25, 0.3) is 5.91 Å². The lowest BCUT2D eigenvalue weighted by Gasteiger charge is -2.43. The highest BCUT2D eigenvalue weighted by Crippen LogP contribution is 2.45. The summed E-state index contributed by atoms with van der Waals surface area (Å²) < 4.78 is 7.17. The van der Waals surface area contributed by atoms with Gasteiger partial charge in [0.05, 0.1) is 18.6 Å². The van der Waals surface area contributed by atoms with E-state index in [1.165, 1.54) is 0 Å². The number of carbonyl (C=O) groups excluding carboxylic acids is 3. The van der Waals surface area contributed by atoms with Crippen molar-refractivity contribution in [1.82, 2.24) is 19.3 Å². The van der Waals surface area contributed by atoms with E-state index in [-0.39, 0.29) is 17.9 Å². The third kappa shape index (κ3) is 3.83. The Bertz CT molecular complexity index is 1290. The average molecular weight is 475 g/mol. The number of fused-ring (bicyclic) bond motifs is 2. The van der Waals surface area contributed by atoms with Crippen molar-refractivity contribution in [2.45, 2.75) is 18.9 Å². The van der Waals surface area contributed by atoms with Crippen LogP contribution in [0.2, 0.25) is 0 Å². The second-order valence-electron chi connectivity index (χ2n) is 9.15. The first-order valence-electron chi connectivity index (χ1n) is 12.0. The Labute approximate surface area is 204 Å². The second-order valence-corrected chi connectivity index (χ2v) is 9.15. The molecule has 3 heterocycles. The lowest BCUT2D eigenvalue weighted by atomic mass is 9.79. The Morgan fingerprint density at radius 3 is 2.31 bits per heavy atom. The number of benzene rings is 2. The van der Waals surface area contributed by atoms with Gasteiger partial charge < -0.3 is 24.0 Å². The maximum Gasteiger partial charge on any atom is 0.409 e. The number of likely N-dealkylation sites (N-methyl/N-ethyl adjacent to an activating group) is 1. The van der Waals surface area contributed by atoms with Crippen LogP contribution < -0.4 is 0 Å². The quantitative estimate of drug-likeness (QED) is 0.583. The van der Waals surface area contributed by atoms with Crippen LogP contribution in [0.4, 0.5) is 4.79 Å². The Balaban J connectivity index is 1.55. The first-order valence-corrected chi connectivity index (χ1v) is 12.0. The standard InChI is InChI=1S/C27H30N4O4/c1-4-35-27(34)31-15-13-30(14-16-31)26(33)23-19-10-5-6-11-20(19)25(32)29(3)24(23)21-17-28(2)22-12-8-7-9-18(21)22/h5-12,17,23-24H,4,13-16H2,1-3H3/t23-,24+/m1/s1. The number of hydrogen-bond acceptors (Lipinski definition) is 4. The number of aromatic nitrogens is 1. The normalized spacial score (nSPS) is 20.2. The molecule has 1 fully saturated rings. The van der Waals surface area contributed by atoms with E-state index < -0.39 is 12.0 Å². The number of rotatable bonds is 3. The number of aryl methyl sites for hydroxylation is 1. The molecule has 0 aliphatic carbocycles. The maximum absolute atomic E-state index is 14.1. The van der Waals surface area contributed by atoms with Crippen LogP contribution in [0.25, 0.3) is 10.9 Å². The Morgan fingerprint density at radius 1 is 0.914 bits per heavy atom. The summed E-state index contributed by atoms with van der Waals surface area (Å²) in [5.41, 5.74) is 3.33. The van der Waals surface area contributed by atoms with Crippen LogP contribution in [0.5, 0.6) is 0 Å². The molecule has 8 nitrogen and oxygen atoms in total. The van der Waals surface area contributed by atoms with Gasteiger partial charge in [0, 0.05) is 68.5 Å². The van der Waals surface area contributed by atoms with Gasteiger partial charge in [-0.05, 0) is 24.6 Å². The monoisotopic (exact) mass is 474 g/mol. The highest BCUT2D eigenvalue weighted by atomic mass is 16.6. The maximum atomic E-state index is 14.1. The molecule has 2 atom stereocenters. The molecule has 1 aromatic heterocycles. The van der Waals surface area contributed by atoms with Crippen LogP contribution in [-0.4, -0.2) is 77.0 Å². The molecule has 2 aliphatic rings. The van der Waals surface area contributed by atoms with Crippen molar-refractivity contribution >= 4 is 28.8 Å². The molecular formula is C27H30N4O4. The van der Waals surface area contributed by atoms with E-state index in [0.717, 1.165) is 22.0 Å². The smallest absolute Gasteiger partial charge is 0.409 e. The fourth-order valence-electron chi connectivity index (χ4n) is 5.46. The van der Waals surface area contributed by atoms with E-state index in [0.29, 0.717) is 38.3 Å². The fraction of sp³-hybridized carbons (Fsp3) is 0.370. The van der Waals surface area contributed by atoms with Crippen LogP contribution >= 0.6 is 0 Å². The van der Waals surface area contributed by atoms with Gasteiger partial charge in [-0.2, -0.15) is 0 Å². The third-order valence-electron chi connectivity index (χ3n) is 7.21. The zero-order chi connectivity index (χ0) is 24.7. The Kier molecular flexibility index (Phi) is 5.96. The van der Waals surface area contributed by atoms with Gasteiger partial charge in [0.1, 0.15) is 0 Å². The molecular weight excluding hydrogens is 444 g/mol. The molecule has 3 aromatic rings. The molecule has 0 spiro atoms. The lowest BCUT2D eigenvalue weighted by Crippen LogP contribution is -2.54. The van der Waals surface area contributed by atoms with Crippen LogP contribution in [0.15, 0.2) is 54.7 Å². The van der Waals surface area contributed by atoms with E-state index in [4.69, 9.17) is 4.74 Å². The average Bonchev–Trinajstić information content (AvgIpc) is 3.22. The molecule has 0 bridgehead atoms. The molecule has 3 amide bonds. The number of carbonyl (C=O) groups is 3. The Hall–Kier alpha value is -3.81. The summed E-state index contributed by atoms with van der Waals surface area (Å²) in [4.78, 5) is 44.9. The zero-order valence-corrected chi connectivity index (χ0v) is 20.3. The van der Waals surface area contributed by atoms with Crippen LogP contribution in [0, 0.1) is 0 Å². The van der Waals surface area contributed by atoms with E-state index in [1.807, 2.05) is 65.2 Å². The lowest BCUT2D eigenvalue weighted by molar-refractivity contribution is -0.136. The summed E-state index contributed by atoms with van der Waals surface area (Å²) in [6, 6.07) is 15.0. The number of ether oxygens (including phenoxy) is 1. The molecule has 0 radical (unpaired) electrons. The van der Waals surface area contributed by atoms with Crippen LogP contribution in [0.3, 0.4) is 0 Å². The molecule has 1 saturated heterocycles. The molecule has 2 aromatic carbocycles. The van der Waals surface area contributed by atoms with Gasteiger partial charge in [0.2, 0.25) is 5.91 Å². The van der Waals surface area contributed by atoms with Crippen molar-refractivity contribution in [3.05, 3.63) is 71.4 Å². The highest BCUT2D eigenvalue weighted by Gasteiger charge is 2.45.